The van der Waals surface area contributed by atoms with Crippen molar-refractivity contribution in [2.75, 3.05) is 0 Å². The van der Waals surface area contributed by atoms with Crippen LogP contribution in [0.5, 0.6) is 0 Å². The summed E-state index contributed by atoms with van der Waals surface area (Å²) in [6.45, 7) is 10.2. The highest BCUT2D eigenvalue weighted by atomic mass is 16.3. The molecule has 2 aromatic heterocycles. The van der Waals surface area contributed by atoms with Crippen LogP contribution in [-0.4, -0.2) is 14.5 Å². The first-order valence-electron chi connectivity index (χ1n) is 5.99. The van der Waals surface area contributed by atoms with E-state index in [0.29, 0.717) is 0 Å². The molecule has 17 heavy (non-hydrogen) atoms. The van der Waals surface area contributed by atoms with Gasteiger partial charge in [0.25, 0.3) is 0 Å². The zero-order valence-electron chi connectivity index (χ0n) is 11.2. The lowest BCUT2D eigenvalue weighted by Crippen LogP contribution is -2.16. The fourth-order valence-corrected chi connectivity index (χ4v) is 2.22. The molecule has 0 radical (unpaired) electrons. The predicted octanol–water partition coefficient (Wildman–Crippen LogP) is 2.99. The van der Waals surface area contributed by atoms with E-state index in [4.69, 9.17) is 0 Å². The summed E-state index contributed by atoms with van der Waals surface area (Å²) in [6, 6.07) is 6.01. The average Bonchev–Trinajstić information content (AvgIpc) is 2.57. The van der Waals surface area contributed by atoms with Crippen LogP contribution < -0.4 is 0 Å². The quantitative estimate of drug-likeness (QED) is 0.820. The summed E-state index contributed by atoms with van der Waals surface area (Å²) < 4.78 is 2.05. The Labute approximate surface area is 102 Å². The Kier molecular flexibility index (Phi) is 2.74. The fraction of sp³-hybridized carbons (Fsp3) is 0.500. The van der Waals surface area contributed by atoms with Crippen molar-refractivity contribution >= 4 is 5.65 Å². The summed E-state index contributed by atoms with van der Waals surface area (Å²) in [5.41, 5.74) is 3.82. The first-order chi connectivity index (χ1) is 7.82. The molecule has 0 saturated carbocycles. The van der Waals surface area contributed by atoms with Gasteiger partial charge in [0.2, 0.25) is 0 Å². The number of aryl methyl sites for hydroxylation is 1. The van der Waals surface area contributed by atoms with Gasteiger partial charge in [-0.15, -0.1) is 0 Å². The molecule has 2 aromatic rings. The fourth-order valence-electron chi connectivity index (χ4n) is 2.22. The number of hydrogen-bond donors (Lipinski definition) is 1. The Bertz CT molecular complexity index is 547. The van der Waals surface area contributed by atoms with E-state index in [0.717, 1.165) is 22.7 Å². The number of rotatable bonds is 1. The maximum absolute atomic E-state index is 10.0. The van der Waals surface area contributed by atoms with Crippen LogP contribution in [0.15, 0.2) is 18.2 Å². The van der Waals surface area contributed by atoms with E-state index >= 15 is 0 Å². The van der Waals surface area contributed by atoms with Gasteiger partial charge in [-0.25, -0.2) is 4.98 Å². The molecular formula is C14H20N2O. The molecule has 1 unspecified atom stereocenters. The molecule has 0 saturated heterocycles. The van der Waals surface area contributed by atoms with Gasteiger partial charge in [0, 0.05) is 11.1 Å². The second kappa shape index (κ2) is 3.84. The number of nitrogens with zero attached hydrogens (tertiary/aromatic N) is 2. The summed E-state index contributed by atoms with van der Waals surface area (Å²) in [5, 5.41) is 10.0. The Morgan fingerprint density at radius 1 is 1.29 bits per heavy atom. The summed E-state index contributed by atoms with van der Waals surface area (Å²) >= 11 is 0. The largest absolute Gasteiger partial charge is 0.387 e. The van der Waals surface area contributed by atoms with Crippen molar-refractivity contribution in [1.82, 2.24) is 9.38 Å². The molecule has 0 fully saturated rings. The van der Waals surface area contributed by atoms with Gasteiger partial charge in [-0.2, -0.15) is 0 Å². The second-order valence-electron chi connectivity index (χ2n) is 5.63. The van der Waals surface area contributed by atoms with E-state index in [9.17, 15) is 5.11 Å². The van der Waals surface area contributed by atoms with Crippen LogP contribution in [-0.2, 0) is 5.41 Å². The maximum atomic E-state index is 10.0. The van der Waals surface area contributed by atoms with Crippen LogP contribution in [0.4, 0.5) is 0 Å². The highest BCUT2D eigenvalue weighted by Gasteiger charge is 2.26. The molecule has 0 spiro atoms. The van der Waals surface area contributed by atoms with Crippen molar-refractivity contribution in [1.29, 1.82) is 0 Å². The van der Waals surface area contributed by atoms with Crippen molar-refractivity contribution in [2.45, 2.75) is 46.1 Å². The molecule has 0 aliphatic carbocycles. The Hall–Kier alpha value is -1.35. The molecule has 2 rings (SSSR count). The minimum absolute atomic E-state index is 0.0647. The van der Waals surface area contributed by atoms with Crippen molar-refractivity contribution in [3.8, 4) is 0 Å². The second-order valence-corrected chi connectivity index (χ2v) is 5.63. The van der Waals surface area contributed by atoms with Crippen LogP contribution in [0, 0.1) is 6.92 Å². The number of aliphatic hydroxyl groups excluding tert-OH is 1. The Morgan fingerprint density at radius 2 is 1.94 bits per heavy atom. The molecule has 0 aliphatic rings. The number of aromatic nitrogens is 2. The Morgan fingerprint density at radius 3 is 2.47 bits per heavy atom. The molecule has 0 amide bonds. The first kappa shape index (κ1) is 12.1. The Balaban J connectivity index is 2.86. The van der Waals surface area contributed by atoms with Gasteiger partial charge in [0.1, 0.15) is 5.65 Å². The molecule has 0 aromatic carbocycles. The molecule has 1 atom stereocenters. The zero-order chi connectivity index (χ0) is 12.8. The molecule has 1 N–H and O–H groups in total. The third kappa shape index (κ3) is 1.95. The van der Waals surface area contributed by atoms with Crippen LogP contribution in [0.3, 0.4) is 0 Å². The van der Waals surface area contributed by atoms with Gasteiger partial charge in [0.05, 0.1) is 17.5 Å². The summed E-state index contributed by atoms with van der Waals surface area (Å²) in [7, 11) is 0. The molecule has 3 heteroatoms. The maximum Gasteiger partial charge on any atom is 0.137 e. The van der Waals surface area contributed by atoms with E-state index in [1.165, 1.54) is 0 Å². The van der Waals surface area contributed by atoms with Crippen molar-refractivity contribution in [3.05, 3.63) is 35.3 Å². The van der Waals surface area contributed by atoms with Crippen LogP contribution in [0.2, 0.25) is 0 Å². The van der Waals surface area contributed by atoms with E-state index < -0.39 is 6.10 Å². The SMILES string of the molecule is Cc1cccc2nc(C(C)(C)C)c(C(C)O)n12. The van der Waals surface area contributed by atoms with E-state index in [2.05, 4.69) is 25.8 Å². The van der Waals surface area contributed by atoms with Crippen molar-refractivity contribution in [2.24, 2.45) is 0 Å². The van der Waals surface area contributed by atoms with Crippen LogP contribution in [0.1, 0.15) is 50.9 Å². The number of hydrogen-bond acceptors (Lipinski definition) is 2. The molecule has 92 valence electrons. The number of pyridine rings is 1. The van der Waals surface area contributed by atoms with Crippen molar-refractivity contribution in [3.63, 3.8) is 0 Å². The lowest BCUT2D eigenvalue weighted by molar-refractivity contribution is 0.190. The molecule has 0 aliphatic heterocycles. The van der Waals surface area contributed by atoms with E-state index in [1.807, 2.05) is 29.5 Å². The summed E-state index contributed by atoms with van der Waals surface area (Å²) in [6.07, 6.45) is -0.514. The van der Waals surface area contributed by atoms with Gasteiger partial charge in [-0.1, -0.05) is 26.8 Å². The van der Waals surface area contributed by atoms with Crippen LogP contribution in [0.25, 0.3) is 5.65 Å². The number of fused-ring (bicyclic) bond motifs is 1. The first-order valence-corrected chi connectivity index (χ1v) is 5.99. The monoisotopic (exact) mass is 232 g/mol. The summed E-state index contributed by atoms with van der Waals surface area (Å²) in [5.74, 6) is 0. The molecule has 0 bridgehead atoms. The molecule has 2 heterocycles. The van der Waals surface area contributed by atoms with E-state index in [-0.39, 0.29) is 5.41 Å². The topological polar surface area (TPSA) is 37.5 Å². The lowest BCUT2D eigenvalue weighted by atomic mass is 9.89. The number of imidazole rings is 1. The third-order valence-electron chi connectivity index (χ3n) is 2.98. The molecule has 3 nitrogen and oxygen atoms in total. The van der Waals surface area contributed by atoms with Gasteiger partial charge < -0.3 is 5.11 Å². The summed E-state index contributed by atoms with van der Waals surface area (Å²) in [4.78, 5) is 4.67. The molecular weight excluding hydrogens is 212 g/mol. The highest BCUT2D eigenvalue weighted by molar-refractivity contribution is 5.47. The number of aliphatic hydroxyl groups is 1. The van der Waals surface area contributed by atoms with Gasteiger partial charge in [0.15, 0.2) is 0 Å². The average molecular weight is 232 g/mol. The van der Waals surface area contributed by atoms with Crippen LogP contribution >= 0.6 is 0 Å². The minimum atomic E-state index is -0.514. The predicted molar refractivity (Wildman–Crippen MR) is 69.3 cm³/mol. The minimum Gasteiger partial charge on any atom is -0.387 e. The van der Waals surface area contributed by atoms with E-state index in [1.54, 1.807) is 6.92 Å². The zero-order valence-corrected chi connectivity index (χ0v) is 11.2. The normalized spacial score (nSPS) is 14.2. The standard InChI is InChI=1S/C14H20N2O/c1-9-7-6-8-11-15-13(14(3,4)5)12(10(2)17)16(9)11/h6-8,10,17H,1-5H3. The highest BCUT2D eigenvalue weighted by Crippen LogP contribution is 2.30. The van der Waals surface area contributed by atoms with Gasteiger partial charge in [-0.05, 0) is 26.0 Å². The van der Waals surface area contributed by atoms with Gasteiger partial charge >= 0.3 is 0 Å². The third-order valence-corrected chi connectivity index (χ3v) is 2.98. The van der Waals surface area contributed by atoms with Crippen molar-refractivity contribution < 1.29 is 5.11 Å². The smallest absolute Gasteiger partial charge is 0.137 e. The van der Waals surface area contributed by atoms with Gasteiger partial charge in [-0.3, -0.25) is 4.40 Å². The lowest BCUT2D eigenvalue weighted by Gasteiger charge is -2.19.